The predicted octanol–water partition coefficient (Wildman–Crippen LogP) is 4.05. The summed E-state index contributed by atoms with van der Waals surface area (Å²) in [4.78, 5) is 0. The van der Waals surface area contributed by atoms with Crippen LogP contribution in [0.3, 0.4) is 0 Å². The Morgan fingerprint density at radius 3 is 2.64 bits per heavy atom. The van der Waals surface area contributed by atoms with Crippen molar-refractivity contribution >= 4 is 11.3 Å². The van der Waals surface area contributed by atoms with Crippen LogP contribution in [0.4, 0.5) is 14.5 Å². The van der Waals surface area contributed by atoms with E-state index < -0.39 is 11.6 Å². The van der Waals surface area contributed by atoms with Crippen molar-refractivity contribution in [3.05, 3.63) is 72.7 Å². The average Bonchev–Trinajstić information content (AvgIpc) is 3.06. The molecule has 4 aromatic rings. The van der Waals surface area contributed by atoms with Crippen LogP contribution in [-0.2, 0) is 0 Å². The summed E-state index contributed by atoms with van der Waals surface area (Å²) in [7, 11) is 0. The standard InChI is InChI=1S/C18H12F2N4O/c19-12-2-4-17(15(20)7-12)25-16-5-3-13(21)8-14(16)11-1-6-18-23-22-10-24(18)9-11/h1-10H,21H2. The first kappa shape index (κ1) is 15.1. The van der Waals surface area contributed by atoms with Crippen LogP contribution in [0, 0.1) is 11.6 Å². The number of nitrogen functional groups attached to an aromatic ring is 1. The molecule has 0 aliphatic carbocycles. The van der Waals surface area contributed by atoms with Gasteiger partial charge < -0.3 is 10.5 Å². The van der Waals surface area contributed by atoms with Crippen molar-refractivity contribution in [2.24, 2.45) is 0 Å². The molecule has 0 saturated carbocycles. The molecular weight excluding hydrogens is 326 g/mol. The van der Waals surface area contributed by atoms with Crippen LogP contribution in [0.1, 0.15) is 0 Å². The number of aromatic nitrogens is 3. The molecule has 5 nitrogen and oxygen atoms in total. The average molecular weight is 338 g/mol. The van der Waals surface area contributed by atoms with Crippen LogP contribution in [0.5, 0.6) is 11.5 Å². The van der Waals surface area contributed by atoms with Crippen LogP contribution in [0.25, 0.3) is 16.8 Å². The number of benzene rings is 2. The second kappa shape index (κ2) is 5.86. The van der Waals surface area contributed by atoms with E-state index in [-0.39, 0.29) is 5.75 Å². The van der Waals surface area contributed by atoms with Gasteiger partial charge in [-0.25, -0.2) is 8.78 Å². The first-order valence-electron chi connectivity index (χ1n) is 7.42. The molecule has 0 aliphatic heterocycles. The highest BCUT2D eigenvalue weighted by Gasteiger charge is 2.12. The van der Waals surface area contributed by atoms with E-state index in [1.54, 1.807) is 35.0 Å². The summed E-state index contributed by atoms with van der Waals surface area (Å²) in [6, 6.07) is 11.8. The predicted molar refractivity (Wildman–Crippen MR) is 89.3 cm³/mol. The second-order valence-corrected chi connectivity index (χ2v) is 5.45. The molecule has 0 unspecified atom stereocenters. The second-order valence-electron chi connectivity index (χ2n) is 5.45. The molecule has 0 bridgehead atoms. The third-order valence-corrected chi connectivity index (χ3v) is 3.72. The van der Waals surface area contributed by atoms with Crippen molar-refractivity contribution in [2.75, 3.05) is 5.73 Å². The van der Waals surface area contributed by atoms with E-state index in [1.807, 2.05) is 12.3 Å². The Hall–Kier alpha value is -3.48. The molecule has 2 N–H and O–H groups in total. The number of nitrogens with zero attached hydrogens (tertiary/aromatic N) is 3. The first-order chi connectivity index (χ1) is 12.1. The number of hydrogen-bond acceptors (Lipinski definition) is 4. The molecule has 0 atom stereocenters. The van der Waals surface area contributed by atoms with Gasteiger partial charge in [0.15, 0.2) is 17.2 Å². The fourth-order valence-corrected chi connectivity index (χ4v) is 2.53. The lowest BCUT2D eigenvalue weighted by Gasteiger charge is -2.13. The fourth-order valence-electron chi connectivity index (χ4n) is 2.53. The van der Waals surface area contributed by atoms with Crippen molar-refractivity contribution in [3.8, 4) is 22.6 Å². The Labute approximate surface area is 141 Å². The van der Waals surface area contributed by atoms with E-state index in [4.69, 9.17) is 10.5 Å². The molecule has 2 aromatic heterocycles. The number of anilines is 1. The Balaban J connectivity index is 1.80. The number of ether oxygens (including phenoxy) is 1. The Morgan fingerprint density at radius 1 is 0.960 bits per heavy atom. The Morgan fingerprint density at radius 2 is 1.80 bits per heavy atom. The highest BCUT2D eigenvalue weighted by atomic mass is 19.1. The van der Waals surface area contributed by atoms with Gasteiger partial charge in [-0.3, -0.25) is 4.40 Å². The van der Waals surface area contributed by atoms with Gasteiger partial charge in [0, 0.05) is 29.1 Å². The molecule has 0 aliphatic rings. The van der Waals surface area contributed by atoms with Gasteiger partial charge in [0.2, 0.25) is 0 Å². The van der Waals surface area contributed by atoms with E-state index >= 15 is 0 Å². The maximum Gasteiger partial charge on any atom is 0.168 e. The highest BCUT2D eigenvalue weighted by Crippen LogP contribution is 2.36. The zero-order chi connectivity index (χ0) is 17.4. The largest absolute Gasteiger partial charge is 0.454 e. The minimum Gasteiger partial charge on any atom is -0.454 e. The lowest BCUT2D eigenvalue weighted by molar-refractivity contribution is 0.439. The summed E-state index contributed by atoms with van der Waals surface area (Å²) in [5, 5.41) is 7.79. The Bertz CT molecular complexity index is 1080. The lowest BCUT2D eigenvalue weighted by atomic mass is 10.1. The molecule has 25 heavy (non-hydrogen) atoms. The third kappa shape index (κ3) is 2.87. The number of fused-ring (bicyclic) bond motifs is 1. The van der Waals surface area contributed by atoms with E-state index in [0.717, 1.165) is 17.7 Å². The monoisotopic (exact) mass is 338 g/mol. The van der Waals surface area contributed by atoms with E-state index in [9.17, 15) is 8.78 Å². The number of pyridine rings is 1. The quantitative estimate of drug-likeness (QED) is 0.572. The van der Waals surface area contributed by atoms with Gasteiger partial charge in [-0.1, -0.05) is 0 Å². The minimum absolute atomic E-state index is 0.0715. The molecule has 0 amide bonds. The number of halogens is 2. The molecular formula is C18H12F2N4O. The van der Waals surface area contributed by atoms with Gasteiger partial charge in [-0.15, -0.1) is 10.2 Å². The van der Waals surface area contributed by atoms with Gasteiger partial charge in [0.25, 0.3) is 0 Å². The van der Waals surface area contributed by atoms with Gasteiger partial charge in [0.1, 0.15) is 17.9 Å². The van der Waals surface area contributed by atoms with Crippen LogP contribution >= 0.6 is 0 Å². The fraction of sp³-hybridized carbons (Fsp3) is 0. The van der Waals surface area contributed by atoms with E-state index in [2.05, 4.69) is 10.2 Å². The molecule has 0 radical (unpaired) electrons. The minimum atomic E-state index is -0.781. The highest BCUT2D eigenvalue weighted by molar-refractivity contribution is 5.74. The normalized spacial score (nSPS) is 11.0. The summed E-state index contributed by atoms with van der Waals surface area (Å²) in [5.41, 5.74) is 8.57. The van der Waals surface area contributed by atoms with Crippen molar-refractivity contribution in [1.82, 2.24) is 14.6 Å². The van der Waals surface area contributed by atoms with Crippen molar-refractivity contribution in [3.63, 3.8) is 0 Å². The lowest BCUT2D eigenvalue weighted by Crippen LogP contribution is -1.95. The molecule has 124 valence electrons. The molecule has 4 rings (SSSR count). The van der Waals surface area contributed by atoms with Crippen LogP contribution in [0.15, 0.2) is 61.1 Å². The summed E-state index contributed by atoms with van der Waals surface area (Å²) in [6.45, 7) is 0. The molecule has 7 heteroatoms. The zero-order valence-electron chi connectivity index (χ0n) is 12.9. The maximum atomic E-state index is 13.9. The third-order valence-electron chi connectivity index (χ3n) is 3.72. The van der Waals surface area contributed by atoms with Crippen LogP contribution in [0.2, 0.25) is 0 Å². The molecule has 0 saturated heterocycles. The Kier molecular flexibility index (Phi) is 3.53. The van der Waals surface area contributed by atoms with Crippen LogP contribution < -0.4 is 10.5 Å². The zero-order valence-corrected chi connectivity index (χ0v) is 12.9. The van der Waals surface area contributed by atoms with Crippen LogP contribution in [-0.4, -0.2) is 14.6 Å². The van der Waals surface area contributed by atoms with Crippen molar-refractivity contribution in [2.45, 2.75) is 0 Å². The topological polar surface area (TPSA) is 65.4 Å². The van der Waals surface area contributed by atoms with E-state index in [1.165, 1.54) is 6.07 Å². The van der Waals surface area contributed by atoms with Crippen molar-refractivity contribution in [1.29, 1.82) is 0 Å². The van der Waals surface area contributed by atoms with Gasteiger partial charge in [0.05, 0.1) is 0 Å². The number of nitrogens with two attached hydrogens (primary N) is 1. The smallest absolute Gasteiger partial charge is 0.168 e. The van der Waals surface area contributed by atoms with Gasteiger partial charge in [-0.05, 0) is 42.5 Å². The number of rotatable bonds is 3. The molecule has 0 fully saturated rings. The molecule has 2 aromatic carbocycles. The molecule has 0 spiro atoms. The maximum absolute atomic E-state index is 13.9. The van der Waals surface area contributed by atoms with E-state index in [0.29, 0.717) is 22.6 Å². The summed E-state index contributed by atoms with van der Waals surface area (Å²) < 4.78 is 34.4. The summed E-state index contributed by atoms with van der Waals surface area (Å²) in [6.07, 6.45) is 3.39. The van der Waals surface area contributed by atoms with Gasteiger partial charge >= 0.3 is 0 Å². The first-order valence-corrected chi connectivity index (χ1v) is 7.42. The SMILES string of the molecule is Nc1ccc(Oc2ccc(F)cc2F)c(-c2ccc3nncn3c2)c1. The summed E-state index contributed by atoms with van der Waals surface area (Å²) >= 11 is 0. The van der Waals surface area contributed by atoms with Crippen molar-refractivity contribution < 1.29 is 13.5 Å². The van der Waals surface area contributed by atoms with Gasteiger partial charge in [-0.2, -0.15) is 0 Å². The number of hydrogen-bond donors (Lipinski definition) is 1. The molecule has 2 heterocycles. The summed E-state index contributed by atoms with van der Waals surface area (Å²) in [5.74, 6) is -1.12.